The summed E-state index contributed by atoms with van der Waals surface area (Å²) in [5.41, 5.74) is 0.672. The first kappa shape index (κ1) is 17.2. The first-order valence-electron chi connectivity index (χ1n) is 9.20. The van der Waals surface area contributed by atoms with Crippen LogP contribution >= 0.6 is 0 Å². The fraction of sp³-hybridized carbons (Fsp3) is 0.632. The summed E-state index contributed by atoms with van der Waals surface area (Å²) in [6.45, 7) is 6.74. The van der Waals surface area contributed by atoms with Crippen LogP contribution < -0.4 is 4.90 Å². The van der Waals surface area contributed by atoms with Crippen molar-refractivity contribution >= 4 is 11.6 Å². The van der Waals surface area contributed by atoms with Crippen LogP contribution in [0.4, 0.5) is 10.1 Å². The minimum Gasteiger partial charge on any atom is -0.367 e. The van der Waals surface area contributed by atoms with Crippen LogP contribution in [0, 0.1) is 5.82 Å². The molecule has 0 saturated carbocycles. The number of carbonyl (C=O) groups is 1. The fourth-order valence-corrected chi connectivity index (χ4v) is 3.89. The van der Waals surface area contributed by atoms with Crippen LogP contribution in [-0.4, -0.2) is 61.0 Å². The van der Waals surface area contributed by atoms with Gasteiger partial charge >= 0.3 is 0 Å². The van der Waals surface area contributed by atoms with E-state index in [2.05, 4.69) is 21.6 Å². The van der Waals surface area contributed by atoms with E-state index in [1.807, 2.05) is 12.1 Å². The van der Waals surface area contributed by atoms with Gasteiger partial charge in [0.15, 0.2) is 0 Å². The minimum atomic E-state index is -0.166. The molecule has 0 aliphatic carbocycles. The number of rotatable bonds is 4. The third-order valence-corrected chi connectivity index (χ3v) is 5.34. The molecule has 2 aliphatic heterocycles. The van der Waals surface area contributed by atoms with Crippen LogP contribution in [0.15, 0.2) is 24.3 Å². The predicted octanol–water partition coefficient (Wildman–Crippen LogP) is 2.74. The number of nitrogens with zero attached hydrogens (tertiary/aromatic N) is 3. The molecule has 1 atom stereocenters. The van der Waals surface area contributed by atoms with Gasteiger partial charge in [0.1, 0.15) is 5.82 Å². The highest BCUT2D eigenvalue weighted by Crippen LogP contribution is 2.22. The van der Waals surface area contributed by atoms with Crippen LogP contribution in [0.25, 0.3) is 0 Å². The highest BCUT2D eigenvalue weighted by Gasteiger charge is 2.27. The predicted molar refractivity (Wildman–Crippen MR) is 94.7 cm³/mol. The van der Waals surface area contributed by atoms with Gasteiger partial charge in [-0.05, 0) is 37.8 Å². The molecule has 1 unspecified atom stereocenters. The molecule has 1 aromatic carbocycles. The molecule has 132 valence electrons. The topological polar surface area (TPSA) is 26.8 Å². The zero-order valence-corrected chi connectivity index (χ0v) is 14.6. The van der Waals surface area contributed by atoms with Crippen LogP contribution in [0.3, 0.4) is 0 Å². The van der Waals surface area contributed by atoms with E-state index >= 15 is 0 Å². The number of carbonyl (C=O) groups excluding carboxylic acids is 1. The molecular formula is C19H28FN3O. The highest BCUT2D eigenvalue weighted by molar-refractivity contribution is 5.78. The van der Waals surface area contributed by atoms with Crippen LogP contribution in [0.5, 0.6) is 0 Å². The van der Waals surface area contributed by atoms with Gasteiger partial charge in [0.25, 0.3) is 0 Å². The zero-order valence-electron chi connectivity index (χ0n) is 14.6. The number of hydrogen-bond acceptors (Lipinski definition) is 3. The Balaban J connectivity index is 1.52. The molecule has 4 nitrogen and oxygen atoms in total. The van der Waals surface area contributed by atoms with Gasteiger partial charge in [0.2, 0.25) is 5.91 Å². The first-order chi connectivity index (χ1) is 11.7. The SMILES string of the molecule is CCC1CCCCN1C(=O)CN1CCN(c2ccccc2F)CC1. The van der Waals surface area contributed by atoms with Crippen molar-refractivity contribution in [3.63, 3.8) is 0 Å². The second kappa shape index (κ2) is 7.97. The summed E-state index contributed by atoms with van der Waals surface area (Å²) in [5, 5.41) is 0. The summed E-state index contributed by atoms with van der Waals surface area (Å²) >= 11 is 0. The monoisotopic (exact) mass is 333 g/mol. The summed E-state index contributed by atoms with van der Waals surface area (Å²) in [5.74, 6) is 0.0991. The van der Waals surface area contributed by atoms with E-state index in [1.165, 1.54) is 12.5 Å². The normalized spacial score (nSPS) is 22.7. The number of piperazine rings is 1. The lowest BCUT2D eigenvalue weighted by atomic mass is 10.00. The van der Waals surface area contributed by atoms with Crippen molar-refractivity contribution in [3.8, 4) is 0 Å². The summed E-state index contributed by atoms with van der Waals surface area (Å²) in [7, 11) is 0. The number of benzene rings is 1. The molecule has 0 N–H and O–H groups in total. The third-order valence-electron chi connectivity index (χ3n) is 5.34. The lowest BCUT2D eigenvalue weighted by Crippen LogP contribution is -2.52. The Morgan fingerprint density at radius 2 is 1.88 bits per heavy atom. The number of halogens is 1. The van der Waals surface area contributed by atoms with Crippen LogP contribution in [0.1, 0.15) is 32.6 Å². The lowest BCUT2D eigenvalue weighted by Gasteiger charge is -2.39. The van der Waals surface area contributed by atoms with Crippen molar-refractivity contribution in [2.45, 2.75) is 38.6 Å². The Morgan fingerprint density at radius 3 is 2.58 bits per heavy atom. The number of para-hydroxylation sites is 1. The number of piperidine rings is 1. The lowest BCUT2D eigenvalue weighted by molar-refractivity contribution is -0.136. The standard InChI is InChI=1S/C19H28FN3O/c1-2-16-7-5-6-10-23(16)19(24)15-21-11-13-22(14-12-21)18-9-4-3-8-17(18)20/h3-4,8-9,16H,2,5-7,10-15H2,1H3. The average molecular weight is 333 g/mol. The molecule has 5 heteroatoms. The van der Waals surface area contributed by atoms with Crippen molar-refractivity contribution < 1.29 is 9.18 Å². The van der Waals surface area contributed by atoms with Crippen LogP contribution in [0.2, 0.25) is 0 Å². The van der Waals surface area contributed by atoms with Gasteiger partial charge in [0, 0.05) is 38.8 Å². The number of amides is 1. The largest absolute Gasteiger partial charge is 0.367 e. The van der Waals surface area contributed by atoms with Gasteiger partial charge in [-0.1, -0.05) is 19.1 Å². The van der Waals surface area contributed by atoms with Gasteiger partial charge < -0.3 is 9.80 Å². The Morgan fingerprint density at radius 1 is 1.12 bits per heavy atom. The zero-order chi connectivity index (χ0) is 16.9. The second-order valence-corrected chi connectivity index (χ2v) is 6.86. The van der Waals surface area contributed by atoms with Gasteiger partial charge in [0.05, 0.1) is 12.2 Å². The molecule has 0 radical (unpaired) electrons. The summed E-state index contributed by atoms with van der Waals surface area (Å²) in [6.07, 6.45) is 4.56. The third kappa shape index (κ3) is 3.89. The van der Waals surface area contributed by atoms with Crippen LogP contribution in [-0.2, 0) is 4.79 Å². The van der Waals surface area contributed by atoms with Gasteiger partial charge in [-0.25, -0.2) is 4.39 Å². The highest BCUT2D eigenvalue weighted by atomic mass is 19.1. The van der Waals surface area contributed by atoms with Gasteiger partial charge in [-0.2, -0.15) is 0 Å². The molecule has 1 aromatic rings. The summed E-state index contributed by atoms with van der Waals surface area (Å²) in [4.78, 5) is 19.0. The maximum Gasteiger partial charge on any atom is 0.236 e. The molecule has 2 fully saturated rings. The summed E-state index contributed by atoms with van der Waals surface area (Å²) < 4.78 is 13.9. The molecule has 2 heterocycles. The molecule has 0 spiro atoms. The van der Waals surface area contributed by atoms with Gasteiger partial charge in [-0.15, -0.1) is 0 Å². The smallest absolute Gasteiger partial charge is 0.236 e. The number of likely N-dealkylation sites (tertiary alicyclic amines) is 1. The maximum absolute atomic E-state index is 13.9. The van der Waals surface area contributed by atoms with E-state index in [0.717, 1.165) is 52.0 Å². The molecule has 2 saturated heterocycles. The minimum absolute atomic E-state index is 0.166. The Kier molecular flexibility index (Phi) is 5.72. The van der Waals surface area contributed by atoms with E-state index < -0.39 is 0 Å². The maximum atomic E-state index is 13.9. The molecule has 24 heavy (non-hydrogen) atoms. The fourth-order valence-electron chi connectivity index (χ4n) is 3.89. The van der Waals surface area contributed by atoms with E-state index in [0.29, 0.717) is 18.3 Å². The van der Waals surface area contributed by atoms with Crippen molar-refractivity contribution in [1.82, 2.24) is 9.80 Å². The molecule has 1 amide bonds. The molecule has 2 aliphatic rings. The van der Waals surface area contributed by atoms with Crippen molar-refractivity contribution in [3.05, 3.63) is 30.1 Å². The molecule has 0 bridgehead atoms. The Labute approximate surface area is 144 Å². The molecule has 0 aromatic heterocycles. The van der Waals surface area contributed by atoms with Crippen molar-refractivity contribution in [2.75, 3.05) is 44.2 Å². The number of hydrogen-bond donors (Lipinski definition) is 0. The average Bonchev–Trinajstić information content (AvgIpc) is 2.63. The molecular weight excluding hydrogens is 305 g/mol. The Hall–Kier alpha value is -1.62. The van der Waals surface area contributed by atoms with E-state index in [4.69, 9.17) is 0 Å². The van der Waals surface area contributed by atoms with Gasteiger partial charge in [-0.3, -0.25) is 9.69 Å². The van der Waals surface area contributed by atoms with E-state index in [1.54, 1.807) is 6.07 Å². The van der Waals surface area contributed by atoms with Crippen molar-refractivity contribution in [2.24, 2.45) is 0 Å². The van der Waals surface area contributed by atoms with Crippen molar-refractivity contribution in [1.29, 1.82) is 0 Å². The van der Waals surface area contributed by atoms with E-state index in [-0.39, 0.29) is 11.7 Å². The second-order valence-electron chi connectivity index (χ2n) is 6.86. The Bertz CT molecular complexity index is 557. The first-order valence-corrected chi connectivity index (χ1v) is 9.20. The number of anilines is 1. The molecule has 3 rings (SSSR count). The van der Waals surface area contributed by atoms with E-state index in [9.17, 15) is 9.18 Å². The quantitative estimate of drug-likeness (QED) is 0.848. The summed E-state index contributed by atoms with van der Waals surface area (Å²) in [6, 6.07) is 7.35.